The van der Waals surface area contributed by atoms with E-state index in [0.29, 0.717) is 0 Å². The van der Waals surface area contributed by atoms with Gasteiger partial charge in [-0.05, 0) is 44.0 Å². The van der Waals surface area contributed by atoms with Gasteiger partial charge in [0, 0.05) is 4.47 Å². The highest BCUT2D eigenvalue weighted by atomic mass is 79.9. The summed E-state index contributed by atoms with van der Waals surface area (Å²) in [6.45, 7) is 2.96. The predicted octanol–water partition coefficient (Wildman–Crippen LogP) is 2.38. The molecule has 2 N–H and O–H groups in total. The molecule has 1 amide bonds. The van der Waals surface area contributed by atoms with E-state index in [1.54, 1.807) is 0 Å². The Hall–Kier alpha value is -0.870. The minimum atomic E-state index is -0.00963. The summed E-state index contributed by atoms with van der Waals surface area (Å²) in [4.78, 5) is 11.9. The van der Waals surface area contributed by atoms with Crippen molar-refractivity contribution in [3.8, 4) is 0 Å². The Bertz CT molecular complexity index is 402. The zero-order valence-electron chi connectivity index (χ0n) is 9.87. The van der Waals surface area contributed by atoms with Crippen LogP contribution >= 0.6 is 15.9 Å². The van der Waals surface area contributed by atoms with E-state index in [-0.39, 0.29) is 18.0 Å². The Labute approximate surface area is 110 Å². The van der Waals surface area contributed by atoms with E-state index >= 15 is 0 Å². The van der Waals surface area contributed by atoms with Crippen molar-refractivity contribution in [2.45, 2.75) is 31.8 Å². The first kappa shape index (κ1) is 12.6. The molecule has 2 atom stereocenters. The van der Waals surface area contributed by atoms with Crippen LogP contribution < -0.4 is 10.6 Å². The van der Waals surface area contributed by atoms with Crippen LogP contribution in [0, 0.1) is 0 Å². The molecule has 0 radical (unpaired) electrons. The Balaban J connectivity index is 1.96. The summed E-state index contributed by atoms with van der Waals surface area (Å²) in [5.74, 6) is 0.106. The zero-order valence-corrected chi connectivity index (χ0v) is 11.5. The van der Waals surface area contributed by atoms with Crippen molar-refractivity contribution in [1.82, 2.24) is 10.6 Å². The standard InChI is InChI=1S/C13H17BrN2O/c1-9(10-4-2-5-11(14)8-10)16-13(17)12-6-3-7-15-12/h2,4-5,8-9,12,15H,3,6-7H2,1H3,(H,16,17). The highest BCUT2D eigenvalue weighted by Crippen LogP contribution is 2.18. The Morgan fingerprint density at radius 2 is 2.41 bits per heavy atom. The molecule has 0 saturated carbocycles. The molecule has 0 aromatic heterocycles. The maximum atomic E-state index is 11.9. The third-order valence-electron chi connectivity index (χ3n) is 3.08. The van der Waals surface area contributed by atoms with Gasteiger partial charge in [0.25, 0.3) is 0 Å². The lowest BCUT2D eigenvalue weighted by molar-refractivity contribution is -0.123. The van der Waals surface area contributed by atoms with Gasteiger partial charge in [-0.25, -0.2) is 0 Å². The van der Waals surface area contributed by atoms with Gasteiger partial charge in [-0.2, -0.15) is 0 Å². The van der Waals surface area contributed by atoms with Crippen LogP contribution in [0.2, 0.25) is 0 Å². The molecule has 1 aromatic rings. The Kier molecular flexibility index (Phi) is 4.18. The topological polar surface area (TPSA) is 41.1 Å². The molecule has 0 spiro atoms. The maximum absolute atomic E-state index is 11.9. The summed E-state index contributed by atoms with van der Waals surface area (Å²) in [5.41, 5.74) is 1.12. The van der Waals surface area contributed by atoms with Gasteiger partial charge in [0.1, 0.15) is 0 Å². The van der Waals surface area contributed by atoms with Crippen LogP contribution in [0.4, 0.5) is 0 Å². The number of carbonyl (C=O) groups is 1. The fraction of sp³-hybridized carbons (Fsp3) is 0.462. The summed E-state index contributed by atoms with van der Waals surface area (Å²) in [7, 11) is 0. The lowest BCUT2D eigenvalue weighted by atomic mass is 10.1. The van der Waals surface area contributed by atoms with Crippen LogP contribution in [-0.4, -0.2) is 18.5 Å². The predicted molar refractivity (Wildman–Crippen MR) is 71.7 cm³/mol. The number of rotatable bonds is 3. The van der Waals surface area contributed by atoms with Crippen LogP contribution in [0.1, 0.15) is 31.4 Å². The fourth-order valence-electron chi connectivity index (χ4n) is 2.08. The van der Waals surface area contributed by atoms with E-state index < -0.39 is 0 Å². The molecule has 1 aromatic carbocycles. The number of amides is 1. The molecule has 0 bridgehead atoms. The number of carbonyl (C=O) groups excluding carboxylic acids is 1. The van der Waals surface area contributed by atoms with Crippen molar-refractivity contribution in [3.05, 3.63) is 34.3 Å². The second-order valence-electron chi connectivity index (χ2n) is 4.43. The Morgan fingerprint density at radius 1 is 1.59 bits per heavy atom. The first-order valence-corrected chi connectivity index (χ1v) is 6.75. The van der Waals surface area contributed by atoms with E-state index in [0.717, 1.165) is 29.4 Å². The smallest absolute Gasteiger partial charge is 0.237 e. The van der Waals surface area contributed by atoms with Crippen LogP contribution in [0.25, 0.3) is 0 Å². The number of halogens is 1. The summed E-state index contributed by atoms with van der Waals surface area (Å²) < 4.78 is 1.04. The quantitative estimate of drug-likeness (QED) is 0.899. The summed E-state index contributed by atoms with van der Waals surface area (Å²) in [6, 6.07) is 8.06. The normalized spacial score (nSPS) is 21.2. The van der Waals surface area contributed by atoms with Crippen molar-refractivity contribution in [1.29, 1.82) is 0 Å². The van der Waals surface area contributed by atoms with Crippen LogP contribution in [-0.2, 0) is 4.79 Å². The SMILES string of the molecule is CC(NC(=O)C1CCCN1)c1cccc(Br)c1. The van der Waals surface area contributed by atoms with Gasteiger partial charge in [0.05, 0.1) is 12.1 Å². The molecule has 1 saturated heterocycles. The van der Waals surface area contributed by atoms with Crippen molar-refractivity contribution in [2.75, 3.05) is 6.54 Å². The molecule has 1 aliphatic heterocycles. The van der Waals surface area contributed by atoms with Gasteiger partial charge in [-0.1, -0.05) is 28.1 Å². The molecular weight excluding hydrogens is 280 g/mol. The molecule has 4 heteroatoms. The molecule has 17 heavy (non-hydrogen) atoms. The van der Waals surface area contributed by atoms with Crippen molar-refractivity contribution in [3.63, 3.8) is 0 Å². The van der Waals surface area contributed by atoms with Gasteiger partial charge >= 0.3 is 0 Å². The first-order valence-electron chi connectivity index (χ1n) is 5.96. The van der Waals surface area contributed by atoms with E-state index in [9.17, 15) is 4.79 Å². The van der Waals surface area contributed by atoms with Gasteiger partial charge in [0.2, 0.25) is 5.91 Å². The van der Waals surface area contributed by atoms with E-state index in [4.69, 9.17) is 0 Å². The number of hydrogen-bond acceptors (Lipinski definition) is 2. The van der Waals surface area contributed by atoms with E-state index in [1.165, 1.54) is 0 Å². The van der Waals surface area contributed by atoms with Crippen LogP contribution in [0.5, 0.6) is 0 Å². The number of nitrogens with one attached hydrogen (secondary N) is 2. The van der Waals surface area contributed by atoms with Gasteiger partial charge in [0.15, 0.2) is 0 Å². The van der Waals surface area contributed by atoms with Gasteiger partial charge in [-0.15, -0.1) is 0 Å². The van der Waals surface area contributed by atoms with Crippen molar-refractivity contribution in [2.24, 2.45) is 0 Å². The average Bonchev–Trinajstić information content (AvgIpc) is 2.82. The number of hydrogen-bond donors (Lipinski definition) is 2. The van der Waals surface area contributed by atoms with Gasteiger partial charge < -0.3 is 10.6 Å². The molecule has 1 fully saturated rings. The molecule has 1 heterocycles. The minimum absolute atomic E-state index is 0.00963. The summed E-state index contributed by atoms with van der Waals surface area (Å²) in [5, 5.41) is 6.25. The third kappa shape index (κ3) is 3.30. The third-order valence-corrected chi connectivity index (χ3v) is 3.58. The largest absolute Gasteiger partial charge is 0.348 e. The Morgan fingerprint density at radius 3 is 3.06 bits per heavy atom. The average molecular weight is 297 g/mol. The lowest BCUT2D eigenvalue weighted by Gasteiger charge is -2.17. The highest BCUT2D eigenvalue weighted by Gasteiger charge is 2.23. The molecule has 2 rings (SSSR count). The summed E-state index contributed by atoms with van der Waals surface area (Å²) >= 11 is 3.44. The highest BCUT2D eigenvalue weighted by molar-refractivity contribution is 9.10. The fourth-order valence-corrected chi connectivity index (χ4v) is 2.50. The van der Waals surface area contributed by atoms with Crippen molar-refractivity contribution < 1.29 is 4.79 Å². The molecule has 1 aliphatic rings. The van der Waals surface area contributed by atoms with Crippen LogP contribution in [0.3, 0.4) is 0 Å². The van der Waals surface area contributed by atoms with Crippen LogP contribution in [0.15, 0.2) is 28.7 Å². The van der Waals surface area contributed by atoms with Gasteiger partial charge in [-0.3, -0.25) is 4.79 Å². The number of benzene rings is 1. The van der Waals surface area contributed by atoms with Crippen molar-refractivity contribution >= 4 is 21.8 Å². The molecular formula is C13H17BrN2O. The molecule has 92 valence electrons. The van der Waals surface area contributed by atoms with E-state index in [1.807, 2.05) is 31.2 Å². The molecule has 3 nitrogen and oxygen atoms in total. The first-order chi connectivity index (χ1) is 8.16. The maximum Gasteiger partial charge on any atom is 0.237 e. The minimum Gasteiger partial charge on any atom is -0.348 e. The second-order valence-corrected chi connectivity index (χ2v) is 5.35. The molecule has 0 aliphatic carbocycles. The summed E-state index contributed by atoms with van der Waals surface area (Å²) in [6.07, 6.45) is 2.03. The lowest BCUT2D eigenvalue weighted by Crippen LogP contribution is -2.41. The van der Waals surface area contributed by atoms with E-state index in [2.05, 4.69) is 26.6 Å². The molecule has 2 unspecified atom stereocenters. The second kappa shape index (κ2) is 5.65. The monoisotopic (exact) mass is 296 g/mol. The zero-order chi connectivity index (χ0) is 12.3.